The number of rotatable bonds is 10. The minimum atomic E-state index is 0.626. The van der Waals surface area contributed by atoms with Gasteiger partial charge in [0.05, 0.1) is 0 Å². The predicted molar refractivity (Wildman–Crippen MR) is 95.6 cm³/mol. The van der Waals surface area contributed by atoms with Crippen LogP contribution in [0, 0.1) is 23.7 Å². The van der Waals surface area contributed by atoms with Crippen LogP contribution in [0.1, 0.15) is 79.1 Å². The molecule has 0 aromatic carbocycles. The second-order valence-corrected chi connectivity index (χ2v) is 7.83. The van der Waals surface area contributed by atoms with Crippen molar-refractivity contribution in [2.24, 2.45) is 23.7 Å². The van der Waals surface area contributed by atoms with Crippen LogP contribution in [0.25, 0.3) is 0 Å². The fraction of sp³-hybridized carbons (Fsp3) is 0.900. The Kier molecular flexibility index (Phi) is 9.31. The van der Waals surface area contributed by atoms with Gasteiger partial charge in [0.25, 0.3) is 0 Å². The van der Waals surface area contributed by atoms with Gasteiger partial charge in [-0.15, -0.1) is 6.58 Å². The van der Waals surface area contributed by atoms with Crippen LogP contribution in [0.5, 0.6) is 0 Å². The van der Waals surface area contributed by atoms with Crippen molar-refractivity contribution in [1.29, 1.82) is 0 Å². The molecular weight excluding hydrogens is 254 g/mol. The SMILES string of the molecule is C=CCCCCCC1CC(C(C)C)CCC1CNC(C)C. The average molecular weight is 294 g/mol. The minimum Gasteiger partial charge on any atom is -0.314 e. The standard InChI is InChI=1S/C20H39N/c1-6-7-8-9-10-11-19-14-18(16(2)3)12-13-20(19)15-21-17(4)5/h6,16-21H,1,7-15H2,2-5H3. The van der Waals surface area contributed by atoms with E-state index in [0.29, 0.717) is 6.04 Å². The molecular formula is C20H39N. The summed E-state index contributed by atoms with van der Waals surface area (Å²) >= 11 is 0. The lowest BCUT2D eigenvalue weighted by Crippen LogP contribution is -2.36. The van der Waals surface area contributed by atoms with Crippen LogP contribution >= 0.6 is 0 Å². The van der Waals surface area contributed by atoms with Crippen LogP contribution in [-0.2, 0) is 0 Å². The van der Waals surface area contributed by atoms with E-state index in [1.165, 1.54) is 57.9 Å². The van der Waals surface area contributed by atoms with Gasteiger partial charge in [0, 0.05) is 6.04 Å². The number of hydrogen-bond donors (Lipinski definition) is 1. The molecule has 0 amide bonds. The van der Waals surface area contributed by atoms with Gasteiger partial charge in [0.1, 0.15) is 0 Å². The third kappa shape index (κ3) is 7.49. The van der Waals surface area contributed by atoms with Gasteiger partial charge in [-0.05, 0) is 62.3 Å². The molecule has 0 heterocycles. The van der Waals surface area contributed by atoms with Crippen LogP contribution in [0.4, 0.5) is 0 Å². The molecule has 0 radical (unpaired) electrons. The van der Waals surface area contributed by atoms with Crippen LogP contribution in [0.3, 0.4) is 0 Å². The van der Waals surface area contributed by atoms with Crippen LogP contribution in [0.15, 0.2) is 12.7 Å². The lowest BCUT2D eigenvalue weighted by Gasteiger charge is -2.38. The zero-order valence-electron chi connectivity index (χ0n) is 15.0. The maximum atomic E-state index is 3.82. The summed E-state index contributed by atoms with van der Waals surface area (Å²) in [5.41, 5.74) is 0. The van der Waals surface area contributed by atoms with Crippen LogP contribution in [-0.4, -0.2) is 12.6 Å². The number of hydrogen-bond acceptors (Lipinski definition) is 1. The Balaban J connectivity index is 2.41. The maximum Gasteiger partial charge on any atom is 0.00104 e. The molecule has 3 unspecified atom stereocenters. The third-order valence-corrected chi connectivity index (χ3v) is 5.39. The van der Waals surface area contributed by atoms with E-state index in [9.17, 15) is 0 Å². The quantitative estimate of drug-likeness (QED) is 0.396. The first-order valence-electron chi connectivity index (χ1n) is 9.38. The highest BCUT2D eigenvalue weighted by Gasteiger charge is 2.31. The van der Waals surface area contributed by atoms with Crippen molar-refractivity contribution in [3.8, 4) is 0 Å². The molecule has 1 aliphatic carbocycles. The van der Waals surface area contributed by atoms with E-state index in [-0.39, 0.29) is 0 Å². The van der Waals surface area contributed by atoms with Crippen LogP contribution in [0.2, 0.25) is 0 Å². The molecule has 0 aromatic heterocycles. The molecule has 0 aliphatic heterocycles. The minimum absolute atomic E-state index is 0.626. The number of unbranched alkanes of at least 4 members (excludes halogenated alkanes) is 3. The molecule has 124 valence electrons. The van der Waals surface area contributed by atoms with E-state index in [1.807, 2.05) is 0 Å². The Morgan fingerprint density at radius 1 is 1.05 bits per heavy atom. The zero-order chi connectivity index (χ0) is 15.7. The molecule has 1 fully saturated rings. The average Bonchev–Trinajstić information content (AvgIpc) is 2.45. The Labute approximate surface area is 134 Å². The van der Waals surface area contributed by atoms with Gasteiger partial charge in [-0.25, -0.2) is 0 Å². The zero-order valence-corrected chi connectivity index (χ0v) is 15.0. The van der Waals surface area contributed by atoms with E-state index >= 15 is 0 Å². The van der Waals surface area contributed by atoms with Gasteiger partial charge < -0.3 is 5.32 Å². The second-order valence-electron chi connectivity index (χ2n) is 7.83. The van der Waals surface area contributed by atoms with E-state index < -0.39 is 0 Å². The fourth-order valence-electron chi connectivity index (χ4n) is 3.85. The van der Waals surface area contributed by atoms with E-state index in [2.05, 4.69) is 45.7 Å². The van der Waals surface area contributed by atoms with Gasteiger partial charge in [-0.3, -0.25) is 0 Å². The molecule has 0 saturated heterocycles. The highest BCUT2D eigenvalue weighted by atomic mass is 14.9. The molecule has 0 spiro atoms. The first-order chi connectivity index (χ1) is 10.0. The van der Waals surface area contributed by atoms with E-state index in [4.69, 9.17) is 0 Å². The smallest absolute Gasteiger partial charge is 0.00104 e. The third-order valence-electron chi connectivity index (χ3n) is 5.39. The van der Waals surface area contributed by atoms with Gasteiger partial charge in [-0.2, -0.15) is 0 Å². The molecule has 3 atom stereocenters. The first kappa shape index (κ1) is 18.7. The maximum absolute atomic E-state index is 3.82. The van der Waals surface area contributed by atoms with Gasteiger partial charge in [0.2, 0.25) is 0 Å². The van der Waals surface area contributed by atoms with Crippen molar-refractivity contribution in [3.63, 3.8) is 0 Å². The number of allylic oxidation sites excluding steroid dienone is 1. The fourth-order valence-corrected chi connectivity index (χ4v) is 3.85. The summed E-state index contributed by atoms with van der Waals surface area (Å²) in [5.74, 6) is 3.72. The van der Waals surface area contributed by atoms with E-state index in [1.54, 1.807) is 0 Å². The summed E-state index contributed by atoms with van der Waals surface area (Å²) in [5, 5.41) is 3.69. The molecule has 1 aliphatic rings. The van der Waals surface area contributed by atoms with Crippen molar-refractivity contribution in [2.75, 3.05) is 6.54 Å². The topological polar surface area (TPSA) is 12.0 Å². The second kappa shape index (κ2) is 10.4. The van der Waals surface area contributed by atoms with Crippen molar-refractivity contribution in [1.82, 2.24) is 5.32 Å². The van der Waals surface area contributed by atoms with Crippen molar-refractivity contribution >= 4 is 0 Å². The summed E-state index contributed by atoms with van der Waals surface area (Å²) in [6, 6.07) is 0.626. The Bertz CT molecular complexity index is 269. The first-order valence-corrected chi connectivity index (χ1v) is 9.38. The molecule has 1 nitrogen and oxygen atoms in total. The Hall–Kier alpha value is -0.300. The molecule has 1 N–H and O–H groups in total. The normalized spacial score (nSPS) is 26.5. The largest absolute Gasteiger partial charge is 0.314 e. The highest BCUT2D eigenvalue weighted by Crippen LogP contribution is 2.39. The summed E-state index contributed by atoms with van der Waals surface area (Å²) in [6.45, 7) is 14.4. The molecule has 1 saturated carbocycles. The van der Waals surface area contributed by atoms with Gasteiger partial charge in [0.15, 0.2) is 0 Å². The Morgan fingerprint density at radius 3 is 2.43 bits per heavy atom. The summed E-state index contributed by atoms with van der Waals surface area (Å²) in [7, 11) is 0. The van der Waals surface area contributed by atoms with Crippen molar-refractivity contribution in [3.05, 3.63) is 12.7 Å². The predicted octanol–water partition coefficient (Wildman–Crippen LogP) is 5.81. The lowest BCUT2D eigenvalue weighted by molar-refractivity contribution is 0.134. The monoisotopic (exact) mass is 293 g/mol. The van der Waals surface area contributed by atoms with Crippen LogP contribution < -0.4 is 5.32 Å². The molecule has 0 aromatic rings. The Morgan fingerprint density at radius 2 is 1.81 bits per heavy atom. The number of nitrogens with one attached hydrogen (secondary N) is 1. The summed E-state index contributed by atoms with van der Waals surface area (Å²) in [6.07, 6.45) is 13.2. The summed E-state index contributed by atoms with van der Waals surface area (Å²) < 4.78 is 0. The molecule has 1 rings (SSSR count). The van der Waals surface area contributed by atoms with Crippen molar-refractivity contribution < 1.29 is 0 Å². The molecule has 1 heteroatoms. The van der Waals surface area contributed by atoms with Gasteiger partial charge >= 0.3 is 0 Å². The lowest BCUT2D eigenvalue weighted by atomic mass is 9.69. The molecule has 0 bridgehead atoms. The van der Waals surface area contributed by atoms with Gasteiger partial charge in [-0.1, -0.05) is 53.0 Å². The van der Waals surface area contributed by atoms with Crippen molar-refractivity contribution in [2.45, 2.75) is 85.1 Å². The van der Waals surface area contributed by atoms with E-state index in [0.717, 1.165) is 23.7 Å². The molecule has 21 heavy (non-hydrogen) atoms. The summed E-state index contributed by atoms with van der Waals surface area (Å²) in [4.78, 5) is 0. The highest BCUT2D eigenvalue weighted by molar-refractivity contribution is 4.83.